The maximum atomic E-state index is 3.98. The lowest BCUT2D eigenvalue weighted by Gasteiger charge is -1.92. The molecule has 0 saturated carbocycles. The smallest absolute Gasteiger partial charge is 0.119 e. The van der Waals surface area contributed by atoms with Crippen LogP contribution in [0.2, 0.25) is 0 Å². The van der Waals surface area contributed by atoms with E-state index < -0.39 is 0 Å². The fourth-order valence-electron chi connectivity index (χ4n) is 0.545. The summed E-state index contributed by atoms with van der Waals surface area (Å²) in [5, 5.41) is 10.1. The number of rotatable bonds is 1. The second-order valence-corrected chi connectivity index (χ2v) is 3.53. The summed E-state index contributed by atoms with van der Waals surface area (Å²) in [6, 6.07) is 0. The molecule has 0 atom stereocenters. The van der Waals surface area contributed by atoms with E-state index in [1.165, 1.54) is 0 Å². The molecular formula is C8H16N2S. The van der Waals surface area contributed by atoms with Crippen molar-refractivity contribution in [3.8, 4) is 0 Å². The molecule has 0 amide bonds. The van der Waals surface area contributed by atoms with Gasteiger partial charge in [0.25, 0.3) is 0 Å². The molecule has 1 aromatic heterocycles. The first-order valence-electron chi connectivity index (χ1n) is 4.00. The van der Waals surface area contributed by atoms with Crippen LogP contribution in [-0.2, 0) is 0 Å². The quantitative estimate of drug-likeness (QED) is 0.650. The summed E-state index contributed by atoms with van der Waals surface area (Å²) in [5.74, 6) is 0.524. The van der Waals surface area contributed by atoms with Crippen LogP contribution < -0.4 is 0 Å². The zero-order chi connectivity index (χ0) is 8.85. The molecule has 0 aliphatic carbocycles. The molecule has 3 heteroatoms. The van der Waals surface area contributed by atoms with E-state index in [4.69, 9.17) is 0 Å². The Morgan fingerprint density at radius 2 is 1.73 bits per heavy atom. The van der Waals surface area contributed by atoms with Crippen LogP contribution in [0.4, 0.5) is 0 Å². The Hall–Kier alpha value is -0.440. The minimum absolute atomic E-state index is 0.524. The Labute approximate surface area is 72.7 Å². The highest BCUT2D eigenvalue weighted by atomic mass is 32.1. The van der Waals surface area contributed by atoms with Gasteiger partial charge in [-0.05, 0) is 6.92 Å². The van der Waals surface area contributed by atoms with Gasteiger partial charge in [-0.3, -0.25) is 0 Å². The molecule has 0 fully saturated rings. The molecule has 1 aromatic rings. The predicted octanol–water partition coefficient (Wildman–Crippen LogP) is 3.00. The van der Waals surface area contributed by atoms with Crippen molar-refractivity contribution in [2.45, 2.75) is 40.5 Å². The minimum Gasteiger partial charge on any atom is -0.144 e. The molecule has 0 aliphatic heterocycles. The van der Waals surface area contributed by atoms with E-state index in [0.717, 1.165) is 10.0 Å². The summed E-state index contributed by atoms with van der Waals surface area (Å²) in [7, 11) is 0. The third kappa shape index (κ3) is 3.46. The lowest BCUT2D eigenvalue weighted by atomic mass is 10.2. The molecule has 0 N–H and O–H groups in total. The van der Waals surface area contributed by atoms with Crippen molar-refractivity contribution in [1.82, 2.24) is 10.2 Å². The van der Waals surface area contributed by atoms with E-state index in [0.29, 0.717) is 5.92 Å². The fourth-order valence-corrected chi connectivity index (χ4v) is 1.25. The van der Waals surface area contributed by atoms with Gasteiger partial charge in [-0.15, -0.1) is 21.5 Å². The maximum Gasteiger partial charge on any atom is 0.119 e. The summed E-state index contributed by atoms with van der Waals surface area (Å²) in [6.45, 7) is 10.2. The van der Waals surface area contributed by atoms with Crippen molar-refractivity contribution in [2.24, 2.45) is 0 Å². The van der Waals surface area contributed by atoms with Crippen molar-refractivity contribution < 1.29 is 0 Å². The molecule has 64 valence electrons. The average molecular weight is 172 g/mol. The van der Waals surface area contributed by atoms with Gasteiger partial charge in [-0.2, -0.15) is 0 Å². The van der Waals surface area contributed by atoms with Crippen molar-refractivity contribution >= 4 is 11.3 Å². The summed E-state index contributed by atoms with van der Waals surface area (Å²) in [5.41, 5.74) is 0. The van der Waals surface area contributed by atoms with Gasteiger partial charge >= 0.3 is 0 Å². The van der Waals surface area contributed by atoms with Crippen LogP contribution in [0.15, 0.2) is 0 Å². The third-order valence-electron chi connectivity index (χ3n) is 1.04. The summed E-state index contributed by atoms with van der Waals surface area (Å²) >= 11 is 1.67. The Balaban J connectivity index is 0.000000461. The SMILES string of the molecule is CC.Cc1nnc(C(C)C)s1. The maximum absolute atomic E-state index is 3.98. The van der Waals surface area contributed by atoms with Crippen LogP contribution in [-0.4, -0.2) is 10.2 Å². The topological polar surface area (TPSA) is 25.8 Å². The van der Waals surface area contributed by atoms with Crippen molar-refractivity contribution in [1.29, 1.82) is 0 Å². The third-order valence-corrected chi connectivity index (χ3v) is 2.17. The first-order valence-corrected chi connectivity index (χ1v) is 4.82. The highest BCUT2D eigenvalue weighted by molar-refractivity contribution is 7.11. The molecule has 0 bridgehead atoms. The molecule has 11 heavy (non-hydrogen) atoms. The predicted molar refractivity (Wildman–Crippen MR) is 50.1 cm³/mol. The lowest BCUT2D eigenvalue weighted by molar-refractivity contribution is 0.822. The van der Waals surface area contributed by atoms with Gasteiger partial charge in [-0.25, -0.2) is 0 Å². The fraction of sp³-hybridized carbons (Fsp3) is 0.750. The summed E-state index contributed by atoms with van der Waals surface area (Å²) in [6.07, 6.45) is 0. The minimum atomic E-state index is 0.524. The standard InChI is InChI=1S/C6H10N2S.C2H6/c1-4(2)6-8-7-5(3)9-6;1-2/h4H,1-3H3;1-2H3. The van der Waals surface area contributed by atoms with Crippen LogP contribution >= 0.6 is 11.3 Å². The van der Waals surface area contributed by atoms with Gasteiger partial charge < -0.3 is 0 Å². The molecule has 0 aromatic carbocycles. The monoisotopic (exact) mass is 172 g/mol. The molecule has 0 saturated heterocycles. The number of aromatic nitrogens is 2. The number of hydrogen-bond donors (Lipinski definition) is 0. The van der Waals surface area contributed by atoms with E-state index in [2.05, 4.69) is 24.0 Å². The molecule has 1 heterocycles. The first-order chi connectivity index (χ1) is 5.20. The Bertz CT molecular complexity index is 194. The first kappa shape index (κ1) is 10.6. The Kier molecular flexibility index (Phi) is 5.03. The zero-order valence-electron chi connectivity index (χ0n) is 7.88. The van der Waals surface area contributed by atoms with Gasteiger partial charge in [-0.1, -0.05) is 27.7 Å². The Morgan fingerprint density at radius 3 is 1.91 bits per heavy atom. The van der Waals surface area contributed by atoms with Crippen LogP contribution in [0.5, 0.6) is 0 Å². The van der Waals surface area contributed by atoms with Gasteiger partial charge in [0, 0.05) is 5.92 Å². The van der Waals surface area contributed by atoms with Crippen molar-refractivity contribution in [3.63, 3.8) is 0 Å². The van der Waals surface area contributed by atoms with Gasteiger partial charge in [0.15, 0.2) is 0 Å². The highest BCUT2D eigenvalue weighted by Crippen LogP contribution is 2.17. The molecule has 0 aliphatic rings. The van der Waals surface area contributed by atoms with E-state index >= 15 is 0 Å². The zero-order valence-corrected chi connectivity index (χ0v) is 8.70. The van der Waals surface area contributed by atoms with E-state index in [-0.39, 0.29) is 0 Å². The van der Waals surface area contributed by atoms with Gasteiger partial charge in [0.05, 0.1) is 0 Å². The highest BCUT2D eigenvalue weighted by Gasteiger charge is 2.02. The van der Waals surface area contributed by atoms with E-state index in [9.17, 15) is 0 Å². The molecule has 2 nitrogen and oxygen atoms in total. The van der Waals surface area contributed by atoms with Crippen molar-refractivity contribution in [2.75, 3.05) is 0 Å². The largest absolute Gasteiger partial charge is 0.144 e. The molecule has 1 rings (SSSR count). The average Bonchev–Trinajstić information content (AvgIpc) is 2.40. The second kappa shape index (κ2) is 5.24. The Morgan fingerprint density at radius 1 is 1.18 bits per heavy atom. The van der Waals surface area contributed by atoms with Crippen LogP contribution in [0, 0.1) is 6.92 Å². The molecule has 0 radical (unpaired) electrons. The second-order valence-electron chi connectivity index (χ2n) is 2.31. The van der Waals surface area contributed by atoms with Crippen LogP contribution in [0.3, 0.4) is 0 Å². The van der Waals surface area contributed by atoms with E-state index in [1.54, 1.807) is 11.3 Å². The van der Waals surface area contributed by atoms with Crippen molar-refractivity contribution in [3.05, 3.63) is 10.0 Å². The molecule has 0 unspecified atom stereocenters. The molecular weight excluding hydrogens is 156 g/mol. The summed E-state index contributed by atoms with van der Waals surface area (Å²) < 4.78 is 0. The van der Waals surface area contributed by atoms with Gasteiger partial charge in [0.2, 0.25) is 0 Å². The van der Waals surface area contributed by atoms with E-state index in [1.807, 2.05) is 20.8 Å². The number of aryl methyl sites for hydroxylation is 1. The lowest BCUT2D eigenvalue weighted by Crippen LogP contribution is -1.83. The summed E-state index contributed by atoms with van der Waals surface area (Å²) in [4.78, 5) is 0. The molecule has 0 spiro atoms. The van der Waals surface area contributed by atoms with Crippen LogP contribution in [0.25, 0.3) is 0 Å². The number of hydrogen-bond acceptors (Lipinski definition) is 3. The van der Waals surface area contributed by atoms with Gasteiger partial charge in [0.1, 0.15) is 10.0 Å². The number of nitrogens with zero attached hydrogens (tertiary/aromatic N) is 2. The normalized spacial score (nSPS) is 9.27. The van der Waals surface area contributed by atoms with Crippen LogP contribution in [0.1, 0.15) is 43.6 Å².